The molecule has 140 valence electrons. The van der Waals surface area contributed by atoms with Gasteiger partial charge < -0.3 is 10.6 Å². The van der Waals surface area contributed by atoms with E-state index in [1.165, 1.54) is 6.33 Å². The van der Waals surface area contributed by atoms with Gasteiger partial charge in [-0.3, -0.25) is 4.79 Å². The number of amides is 1. The molecule has 1 amide bonds. The molecule has 1 unspecified atom stereocenters. The number of nitrogens with one attached hydrogen (secondary N) is 2. The molecule has 2 aromatic heterocycles. The third-order valence-electron chi connectivity index (χ3n) is 4.44. The molecule has 1 atom stereocenters. The van der Waals surface area contributed by atoms with Crippen LogP contribution in [-0.2, 0) is 11.3 Å². The maximum Gasteiger partial charge on any atom is 0.242 e. The van der Waals surface area contributed by atoms with E-state index in [1.807, 2.05) is 55.5 Å². The van der Waals surface area contributed by atoms with Gasteiger partial charge in [-0.25, -0.2) is 9.97 Å². The molecule has 0 bridgehead atoms. The summed E-state index contributed by atoms with van der Waals surface area (Å²) >= 11 is 1.62. The van der Waals surface area contributed by atoms with Gasteiger partial charge >= 0.3 is 0 Å². The zero-order valence-electron chi connectivity index (χ0n) is 15.4. The molecule has 2 N–H and O–H groups in total. The van der Waals surface area contributed by atoms with E-state index in [2.05, 4.69) is 38.8 Å². The zero-order valence-corrected chi connectivity index (χ0v) is 16.2. The predicted molar refractivity (Wildman–Crippen MR) is 114 cm³/mol. The van der Waals surface area contributed by atoms with Crippen LogP contribution < -0.4 is 10.6 Å². The molecule has 0 aliphatic carbocycles. The molecule has 0 spiro atoms. The molecule has 6 heteroatoms. The summed E-state index contributed by atoms with van der Waals surface area (Å²) in [6.07, 6.45) is 1.53. The van der Waals surface area contributed by atoms with Crippen LogP contribution in [0.2, 0.25) is 0 Å². The highest BCUT2D eigenvalue weighted by molar-refractivity contribution is 7.21. The van der Waals surface area contributed by atoms with E-state index in [0.29, 0.717) is 12.4 Å². The van der Waals surface area contributed by atoms with Crippen molar-refractivity contribution in [3.05, 3.63) is 78.6 Å². The van der Waals surface area contributed by atoms with Crippen molar-refractivity contribution in [2.75, 3.05) is 5.32 Å². The molecule has 4 aromatic rings. The van der Waals surface area contributed by atoms with Crippen molar-refractivity contribution in [3.8, 4) is 10.4 Å². The number of hydrogen-bond acceptors (Lipinski definition) is 5. The van der Waals surface area contributed by atoms with Crippen molar-refractivity contribution in [3.63, 3.8) is 0 Å². The van der Waals surface area contributed by atoms with Gasteiger partial charge in [0, 0.05) is 11.4 Å². The Hall–Kier alpha value is -3.25. The van der Waals surface area contributed by atoms with E-state index in [-0.39, 0.29) is 5.91 Å². The van der Waals surface area contributed by atoms with Crippen molar-refractivity contribution < 1.29 is 4.79 Å². The summed E-state index contributed by atoms with van der Waals surface area (Å²) in [4.78, 5) is 23.2. The summed E-state index contributed by atoms with van der Waals surface area (Å²) in [6, 6.07) is 21.7. The van der Waals surface area contributed by atoms with E-state index >= 15 is 0 Å². The summed E-state index contributed by atoms with van der Waals surface area (Å²) in [7, 11) is 0. The van der Waals surface area contributed by atoms with Crippen molar-refractivity contribution in [2.24, 2.45) is 0 Å². The minimum Gasteiger partial charge on any atom is -0.358 e. The van der Waals surface area contributed by atoms with Gasteiger partial charge in [0.2, 0.25) is 5.91 Å². The summed E-state index contributed by atoms with van der Waals surface area (Å²) in [5.74, 6) is 0.597. The maximum atomic E-state index is 12.5. The second-order valence-corrected chi connectivity index (χ2v) is 7.52. The van der Waals surface area contributed by atoms with E-state index in [9.17, 15) is 4.79 Å². The Morgan fingerprint density at radius 3 is 2.50 bits per heavy atom. The number of hydrogen-bond donors (Lipinski definition) is 2. The molecular weight excluding hydrogens is 368 g/mol. The Morgan fingerprint density at radius 1 is 1.04 bits per heavy atom. The maximum absolute atomic E-state index is 12.5. The third-order valence-corrected chi connectivity index (χ3v) is 5.54. The number of carbonyl (C=O) groups excluding carboxylic acids is 1. The summed E-state index contributed by atoms with van der Waals surface area (Å²) < 4.78 is 0. The number of thiophene rings is 1. The highest BCUT2D eigenvalue weighted by atomic mass is 32.1. The van der Waals surface area contributed by atoms with Crippen LogP contribution in [0.1, 0.15) is 12.5 Å². The number of benzene rings is 2. The number of carbonyl (C=O) groups is 1. The molecule has 2 heterocycles. The first-order valence-electron chi connectivity index (χ1n) is 9.09. The Labute approximate surface area is 167 Å². The molecule has 4 rings (SSSR count). The van der Waals surface area contributed by atoms with Crippen LogP contribution in [-0.4, -0.2) is 21.9 Å². The van der Waals surface area contributed by atoms with Gasteiger partial charge in [-0.15, -0.1) is 11.3 Å². The first kappa shape index (κ1) is 18.1. The van der Waals surface area contributed by atoms with Gasteiger partial charge in [-0.1, -0.05) is 60.7 Å². The Balaban J connectivity index is 1.49. The molecule has 0 aliphatic heterocycles. The number of rotatable bonds is 6. The second kappa shape index (κ2) is 8.19. The Kier molecular flexibility index (Phi) is 5.30. The third kappa shape index (κ3) is 4.02. The van der Waals surface area contributed by atoms with Crippen LogP contribution in [0.5, 0.6) is 0 Å². The van der Waals surface area contributed by atoms with E-state index < -0.39 is 6.04 Å². The Bertz CT molecular complexity index is 1080. The minimum absolute atomic E-state index is 0.0749. The number of fused-ring (bicyclic) bond motifs is 1. The standard InChI is InChI=1S/C22H20N4OS/c1-15(21(27)23-13-16-8-4-2-5-9-16)26-20-18-12-19(17-10-6-3-7-11-17)28-22(18)25-14-24-20/h2-12,14-15H,13H2,1H3,(H,23,27)(H,24,25,26). The first-order chi connectivity index (χ1) is 13.7. The molecule has 0 saturated carbocycles. The van der Waals surface area contributed by atoms with Gasteiger partial charge in [-0.05, 0) is 24.1 Å². The topological polar surface area (TPSA) is 66.9 Å². The number of anilines is 1. The van der Waals surface area contributed by atoms with Gasteiger partial charge in [0.15, 0.2) is 0 Å². The lowest BCUT2D eigenvalue weighted by Crippen LogP contribution is -2.37. The minimum atomic E-state index is -0.415. The highest BCUT2D eigenvalue weighted by Gasteiger charge is 2.16. The first-order valence-corrected chi connectivity index (χ1v) is 9.90. The van der Waals surface area contributed by atoms with Crippen molar-refractivity contribution in [1.29, 1.82) is 0 Å². The fraction of sp³-hybridized carbons (Fsp3) is 0.136. The molecule has 5 nitrogen and oxygen atoms in total. The van der Waals surface area contributed by atoms with Crippen LogP contribution in [0.25, 0.3) is 20.7 Å². The van der Waals surface area contributed by atoms with Gasteiger partial charge in [-0.2, -0.15) is 0 Å². The van der Waals surface area contributed by atoms with Crippen LogP contribution in [0.15, 0.2) is 73.1 Å². The summed E-state index contributed by atoms with van der Waals surface area (Å²) in [5, 5.41) is 7.11. The smallest absolute Gasteiger partial charge is 0.242 e. The molecular formula is C22H20N4OS. The summed E-state index contributed by atoms with van der Waals surface area (Å²) in [5.41, 5.74) is 2.21. The predicted octanol–water partition coefficient (Wildman–Crippen LogP) is 4.48. The van der Waals surface area contributed by atoms with Crippen LogP contribution in [0, 0.1) is 0 Å². The monoisotopic (exact) mass is 388 g/mol. The van der Waals surface area contributed by atoms with Gasteiger partial charge in [0.25, 0.3) is 0 Å². The lowest BCUT2D eigenvalue weighted by Gasteiger charge is -2.15. The zero-order chi connectivity index (χ0) is 19.3. The van der Waals surface area contributed by atoms with Crippen molar-refractivity contribution >= 4 is 33.3 Å². The normalized spacial score (nSPS) is 11.9. The van der Waals surface area contributed by atoms with E-state index in [0.717, 1.165) is 26.2 Å². The van der Waals surface area contributed by atoms with Crippen LogP contribution in [0.4, 0.5) is 5.82 Å². The van der Waals surface area contributed by atoms with E-state index in [1.54, 1.807) is 11.3 Å². The fourth-order valence-electron chi connectivity index (χ4n) is 2.92. The molecule has 0 fully saturated rings. The molecule has 0 saturated heterocycles. The molecule has 0 aliphatic rings. The van der Waals surface area contributed by atoms with Crippen molar-refractivity contribution in [2.45, 2.75) is 19.5 Å². The summed E-state index contributed by atoms with van der Waals surface area (Å²) in [6.45, 7) is 2.33. The largest absolute Gasteiger partial charge is 0.358 e. The fourth-order valence-corrected chi connectivity index (χ4v) is 3.93. The second-order valence-electron chi connectivity index (χ2n) is 6.49. The Morgan fingerprint density at radius 2 is 1.75 bits per heavy atom. The van der Waals surface area contributed by atoms with Gasteiger partial charge in [0.1, 0.15) is 23.0 Å². The van der Waals surface area contributed by atoms with Gasteiger partial charge in [0.05, 0.1) is 5.39 Å². The molecule has 0 radical (unpaired) electrons. The lowest BCUT2D eigenvalue weighted by molar-refractivity contribution is -0.121. The molecule has 28 heavy (non-hydrogen) atoms. The quantitative estimate of drug-likeness (QED) is 0.511. The SMILES string of the molecule is CC(Nc1ncnc2sc(-c3ccccc3)cc12)C(=O)NCc1ccccc1. The average Bonchev–Trinajstić information content (AvgIpc) is 3.19. The van der Waals surface area contributed by atoms with E-state index in [4.69, 9.17) is 0 Å². The number of nitrogens with zero attached hydrogens (tertiary/aromatic N) is 2. The van der Waals surface area contributed by atoms with Crippen LogP contribution >= 0.6 is 11.3 Å². The number of aromatic nitrogens is 2. The highest BCUT2D eigenvalue weighted by Crippen LogP contribution is 2.34. The van der Waals surface area contributed by atoms with Crippen LogP contribution in [0.3, 0.4) is 0 Å². The average molecular weight is 388 g/mol. The molecule has 2 aromatic carbocycles. The lowest BCUT2D eigenvalue weighted by atomic mass is 10.2. The van der Waals surface area contributed by atoms with Crippen molar-refractivity contribution in [1.82, 2.24) is 15.3 Å².